The van der Waals surface area contributed by atoms with Gasteiger partial charge in [0.25, 0.3) is 0 Å². The highest BCUT2D eigenvalue weighted by Gasteiger charge is 2.53. The van der Waals surface area contributed by atoms with E-state index in [-0.39, 0.29) is 11.1 Å². The fraction of sp³-hybridized carbons (Fsp3) is 0.524. The molecule has 1 fully saturated rings. The quantitative estimate of drug-likeness (QED) is 0.528. The summed E-state index contributed by atoms with van der Waals surface area (Å²) in [5, 5.41) is 0. The van der Waals surface area contributed by atoms with Gasteiger partial charge in [-0.3, -0.25) is 0 Å². The van der Waals surface area contributed by atoms with Crippen LogP contribution in [0.3, 0.4) is 0 Å². The second-order valence-corrected chi connectivity index (χ2v) is 8.64. The third-order valence-electron chi connectivity index (χ3n) is 4.72. The molecule has 0 spiro atoms. The van der Waals surface area contributed by atoms with Crippen LogP contribution in [-0.4, -0.2) is 18.3 Å². The van der Waals surface area contributed by atoms with Crippen molar-refractivity contribution in [3.63, 3.8) is 0 Å². The van der Waals surface area contributed by atoms with Crippen molar-refractivity contribution in [1.82, 2.24) is 0 Å². The Bertz CT molecular complexity index is 712. The van der Waals surface area contributed by atoms with E-state index in [1.54, 1.807) is 6.92 Å². The van der Waals surface area contributed by atoms with E-state index in [1.165, 1.54) is 0 Å². The summed E-state index contributed by atoms with van der Waals surface area (Å²) in [5.41, 5.74) is 0.706. The number of halogens is 1. The summed E-state index contributed by atoms with van der Waals surface area (Å²) in [5.74, 6) is 6.34. The van der Waals surface area contributed by atoms with Crippen molar-refractivity contribution >= 4 is 12.7 Å². The molecule has 1 aliphatic rings. The Morgan fingerprint density at radius 3 is 1.92 bits per heavy atom. The normalized spacial score (nSPS) is 20.0. The SMILES string of the molecule is CC(=C(F)B1OC(C)(C)C(C)(C)O1)c1ccc(C#CC(C)(C)C)cc1. The first-order valence-electron chi connectivity index (χ1n) is 8.68. The van der Waals surface area contributed by atoms with Crippen LogP contribution >= 0.6 is 0 Å². The van der Waals surface area contributed by atoms with Crippen LogP contribution in [0, 0.1) is 17.3 Å². The Kier molecular flexibility index (Phi) is 5.24. The highest BCUT2D eigenvalue weighted by molar-refractivity contribution is 6.55. The summed E-state index contributed by atoms with van der Waals surface area (Å²) in [4.78, 5) is 0. The fourth-order valence-corrected chi connectivity index (χ4v) is 2.32. The van der Waals surface area contributed by atoms with Gasteiger partial charge in [0.1, 0.15) is 5.73 Å². The molecule has 0 N–H and O–H groups in total. The average Bonchev–Trinajstić information content (AvgIpc) is 2.72. The van der Waals surface area contributed by atoms with E-state index in [4.69, 9.17) is 9.31 Å². The topological polar surface area (TPSA) is 18.5 Å². The number of allylic oxidation sites excluding steroid dienone is 1. The third-order valence-corrected chi connectivity index (χ3v) is 4.72. The molecule has 0 amide bonds. The molecular weight excluding hydrogens is 314 g/mol. The van der Waals surface area contributed by atoms with Gasteiger partial charge in [-0.25, -0.2) is 4.39 Å². The van der Waals surface area contributed by atoms with Gasteiger partial charge in [-0.1, -0.05) is 24.0 Å². The molecule has 0 radical (unpaired) electrons. The van der Waals surface area contributed by atoms with Crippen LogP contribution in [0.25, 0.3) is 5.57 Å². The van der Waals surface area contributed by atoms with Crippen molar-refractivity contribution in [3.05, 3.63) is 41.1 Å². The van der Waals surface area contributed by atoms with E-state index < -0.39 is 18.3 Å². The van der Waals surface area contributed by atoms with Gasteiger partial charge < -0.3 is 9.31 Å². The second kappa shape index (κ2) is 6.63. The highest BCUT2D eigenvalue weighted by Crippen LogP contribution is 2.40. The minimum Gasteiger partial charge on any atom is -0.398 e. The molecule has 0 bridgehead atoms. The summed E-state index contributed by atoms with van der Waals surface area (Å²) in [6.45, 7) is 15.6. The van der Waals surface area contributed by atoms with Crippen molar-refractivity contribution in [2.45, 2.75) is 66.6 Å². The van der Waals surface area contributed by atoms with Crippen molar-refractivity contribution < 1.29 is 13.7 Å². The van der Waals surface area contributed by atoms with Crippen LogP contribution in [0.5, 0.6) is 0 Å². The van der Waals surface area contributed by atoms with Crippen molar-refractivity contribution in [1.29, 1.82) is 0 Å². The van der Waals surface area contributed by atoms with E-state index in [9.17, 15) is 4.39 Å². The molecule has 0 atom stereocenters. The Balaban J connectivity index is 2.23. The first-order valence-corrected chi connectivity index (χ1v) is 8.68. The first kappa shape index (κ1) is 19.8. The van der Waals surface area contributed by atoms with Crippen LogP contribution in [0.2, 0.25) is 0 Å². The Morgan fingerprint density at radius 2 is 1.48 bits per heavy atom. The lowest BCUT2D eigenvalue weighted by Gasteiger charge is -2.32. The van der Waals surface area contributed by atoms with Gasteiger partial charge >= 0.3 is 7.12 Å². The van der Waals surface area contributed by atoms with Crippen LogP contribution in [0.15, 0.2) is 30.0 Å². The molecule has 2 rings (SSSR count). The van der Waals surface area contributed by atoms with Gasteiger partial charge in [-0.05, 0) is 78.7 Å². The summed E-state index contributed by atoms with van der Waals surface area (Å²) >= 11 is 0. The number of hydrogen-bond donors (Lipinski definition) is 0. The fourth-order valence-electron chi connectivity index (χ4n) is 2.32. The predicted octanol–water partition coefficient (Wildman–Crippen LogP) is 5.42. The largest absolute Gasteiger partial charge is 0.525 e. The maximum atomic E-state index is 14.9. The van der Waals surface area contributed by atoms with Gasteiger partial charge in [0.2, 0.25) is 0 Å². The van der Waals surface area contributed by atoms with E-state index >= 15 is 0 Å². The van der Waals surface area contributed by atoms with Crippen LogP contribution < -0.4 is 0 Å². The monoisotopic (exact) mass is 342 g/mol. The van der Waals surface area contributed by atoms with Gasteiger partial charge in [0, 0.05) is 11.0 Å². The molecule has 4 heteroatoms. The Morgan fingerprint density at radius 1 is 1.00 bits per heavy atom. The molecule has 1 aliphatic heterocycles. The smallest absolute Gasteiger partial charge is 0.398 e. The van der Waals surface area contributed by atoms with Crippen molar-refractivity contribution in [2.75, 3.05) is 0 Å². The maximum absolute atomic E-state index is 14.9. The lowest BCUT2D eigenvalue weighted by Crippen LogP contribution is -2.41. The minimum absolute atomic E-state index is 0.0443. The Hall–Kier alpha value is -1.57. The molecule has 1 heterocycles. The van der Waals surface area contributed by atoms with Gasteiger partial charge in [0.05, 0.1) is 11.2 Å². The number of benzene rings is 1. The lowest BCUT2D eigenvalue weighted by atomic mass is 9.83. The van der Waals surface area contributed by atoms with Gasteiger partial charge in [0.15, 0.2) is 0 Å². The lowest BCUT2D eigenvalue weighted by molar-refractivity contribution is 0.00578. The molecule has 0 aliphatic carbocycles. The molecule has 25 heavy (non-hydrogen) atoms. The summed E-state index contributed by atoms with van der Waals surface area (Å²) in [6.07, 6.45) is 0. The minimum atomic E-state index is -0.967. The molecule has 134 valence electrons. The van der Waals surface area contributed by atoms with E-state index in [2.05, 4.69) is 32.6 Å². The maximum Gasteiger partial charge on any atom is 0.525 e. The molecule has 0 saturated carbocycles. The molecule has 1 saturated heterocycles. The summed E-state index contributed by atoms with van der Waals surface area (Å²) < 4.78 is 26.5. The zero-order valence-electron chi connectivity index (χ0n) is 16.6. The number of hydrogen-bond acceptors (Lipinski definition) is 2. The molecular formula is C21H28BFO2. The molecule has 1 aromatic rings. The van der Waals surface area contributed by atoms with Crippen LogP contribution in [0.4, 0.5) is 4.39 Å². The molecule has 0 unspecified atom stereocenters. The average molecular weight is 342 g/mol. The predicted molar refractivity (Wildman–Crippen MR) is 103 cm³/mol. The van der Waals surface area contributed by atoms with Gasteiger partial charge in [-0.2, -0.15) is 0 Å². The second-order valence-electron chi connectivity index (χ2n) is 8.64. The summed E-state index contributed by atoms with van der Waals surface area (Å²) in [6, 6.07) is 7.59. The van der Waals surface area contributed by atoms with Crippen LogP contribution in [-0.2, 0) is 9.31 Å². The molecule has 2 nitrogen and oxygen atoms in total. The van der Waals surface area contributed by atoms with E-state index in [0.717, 1.165) is 11.1 Å². The van der Waals surface area contributed by atoms with Crippen LogP contribution in [0.1, 0.15) is 66.5 Å². The first-order chi connectivity index (χ1) is 11.3. The van der Waals surface area contributed by atoms with Gasteiger partial charge in [-0.15, -0.1) is 0 Å². The Labute approximate surface area is 151 Å². The third kappa shape index (κ3) is 4.54. The van der Waals surface area contributed by atoms with E-state index in [1.807, 2.05) is 52.0 Å². The zero-order valence-corrected chi connectivity index (χ0v) is 16.6. The van der Waals surface area contributed by atoms with E-state index in [0.29, 0.717) is 5.57 Å². The number of rotatable bonds is 2. The van der Waals surface area contributed by atoms with Crippen molar-refractivity contribution in [3.8, 4) is 11.8 Å². The molecule has 0 aromatic heterocycles. The standard InChI is InChI=1S/C21H28BFO2/c1-15(18(23)22-24-20(5,6)21(7,8)25-22)17-11-9-16(10-12-17)13-14-19(2,3)4/h9-12H,1-8H3. The highest BCUT2D eigenvalue weighted by atomic mass is 19.1. The molecule has 1 aromatic carbocycles. The van der Waals surface area contributed by atoms with Crippen molar-refractivity contribution in [2.24, 2.45) is 5.41 Å². The zero-order chi connectivity index (χ0) is 19.0. The summed E-state index contributed by atoms with van der Waals surface area (Å²) in [7, 11) is -0.967.